The van der Waals surface area contributed by atoms with Crippen molar-refractivity contribution in [1.82, 2.24) is 14.8 Å². The zero-order valence-electron chi connectivity index (χ0n) is 20.2. The first kappa shape index (κ1) is 21.9. The van der Waals surface area contributed by atoms with Crippen molar-refractivity contribution in [2.24, 2.45) is 0 Å². The zero-order valence-corrected chi connectivity index (χ0v) is 20.2. The number of ether oxygens (including phenoxy) is 2. The van der Waals surface area contributed by atoms with Crippen molar-refractivity contribution in [2.45, 2.75) is 6.42 Å². The molecule has 2 heterocycles. The number of nitrogens with zero attached hydrogens (tertiary/aromatic N) is 3. The fraction of sp³-hybridized carbons (Fsp3) is 0.0968. The predicted molar refractivity (Wildman–Crippen MR) is 144 cm³/mol. The van der Waals surface area contributed by atoms with Crippen molar-refractivity contribution in [1.29, 1.82) is 0 Å². The lowest BCUT2D eigenvalue weighted by molar-refractivity contribution is 0.356. The van der Waals surface area contributed by atoms with Crippen LogP contribution in [0.3, 0.4) is 0 Å². The fourth-order valence-electron chi connectivity index (χ4n) is 4.76. The third-order valence-electron chi connectivity index (χ3n) is 6.46. The van der Waals surface area contributed by atoms with Gasteiger partial charge in [-0.15, -0.1) is 0 Å². The van der Waals surface area contributed by atoms with Crippen molar-refractivity contribution in [3.05, 3.63) is 114 Å². The highest BCUT2D eigenvalue weighted by molar-refractivity contribution is 6.12. The number of methoxy groups -OCH3 is 2. The summed E-state index contributed by atoms with van der Waals surface area (Å²) in [6.07, 6.45) is 0.687. The molecule has 0 spiro atoms. The van der Waals surface area contributed by atoms with Gasteiger partial charge in [0.2, 0.25) is 0 Å². The lowest BCUT2D eigenvalue weighted by Crippen LogP contribution is -1.99. The van der Waals surface area contributed by atoms with E-state index in [0.717, 1.165) is 44.4 Å². The number of hydrogen-bond acceptors (Lipinski definition) is 4. The molecule has 6 aromatic rings. The topological polar surface area (TPSA) is 49.2 Å². The van der Waals surface area contributed by atoms with Gasteiger partial charge in [-0.05, 0) is 29.8 Å². The van der Waals surface area contributed by atoms with Crippen LogP contribution in [0.15, 0.2) is 103 Å². The van der Waals surface area contributed by atoms with Gasteiger partial charge < -0.3 is 9.47 Å². The van der Waals surface area contributed by atoms with Crippen LogP contribution >= 0.6 is 0 Å². The van der Waals surface area contributed by atoms with E-state index in [9.17, 15) is 0 Å². The maximum absolute atomic E-state index is 5.72. The molecule has 176 valence electrons. The first-order valence-corrected chi connectivity index (χ1v) is 11.9. The molecule has 0 radical (unpaired) electrons. The molecule has 5 nitrogen and oxygen atoms in total. The number of pyridine rings is 1. The molecule has 0 bridgehead atoms. The average molecular weight is 472 g/mol. The summed E-state index contributed by atoms with van der Waals surface area (Å²) in [5.41, 5.74) is 5.84. The molecule has 6 rings (SSSR count). The number of fused-ring (bicyclic) bond motifs is 3. The van der Waals surface area contributed by atoms with Gasteiger partial charge in [-0.2, -0.15) is 5.10 Å². The molecule has 36 heavy (non-hydrogen) atoms. The Kier molecular flexibility index (Phi) is 5.58. The molecular weight excluding hydrogens is 446 g/mol. The van der Waals surface area contributed by atoms with Crippen molar-refractivity contribution >= 4 is 21.8 Å². The van der Waals surface area contributed by atoms with Crippen LogP contribution in [-0.4, -0.2) is 29.0 Å². The second-order valence-electron chi connectivity index (χ2n) is 8.63. The molecule has 0 N–H and O–H groups in total. The average Bonchev–Trinajstić information content (AvgIpc) is 3.31. The van der Waals surface area contributed by atoms with Gasteiger partial charge in [-0.25, -0.2) is 9.67 Å². The summed E-state index contributed by atoms with van der Waals surface area (Å²) in [7, 11) is 3.32. The van der Waals surface area contributed by atoms with Gasteiger partial charge in [0.15, 0.2) is 17.1 Å². The molecule has 0 amide bonds. The minimum Gasteiger partial charge on any atom is -0.493 e. The Labute approximate surface area is 209 Å². The van der Waals surface area contributed by atoms with Gasteiger partial charge in [0.1, 0.15) is 0 Å². The lowest BCUT2D eigenvalue weighted by atomic mass is 9.98. The highest BCUT2D eigenvalue weighted by atomic mass is 16.5. The number of para-hydroxylation sites is 1. The van der Waals surface area contributed by atoms with E-state index in [1.54, 1.807) is 14.2 Å². The minimum absolute atomic E-state index is 0.670. The third kappa shape index (κ3) is 3.75. The van der Waals surface area contributed by atoms with E-state index >= 15 is 0 Å². The fourth-order valence-corrected chi connectivity index (χ4v) is 4.76. The second-order valence-corrected chi connectivity index (χ2v) is 8.63. The monoisotopic (exact) mass is 471 g/mol. The SMILES string of the molecule is COc1cc2c(-c3ccccc3)nc3c(c(Cc4ccccc4)nn3-c3ccccc3)c2cc1OC. The van der Waals surface area contributed by atoms with E-state index in [2.05, 4.69) is 54.6 Å². The van der Waals surface area contributed by atoms with Crippen LogP contribution in [0.2, 0.25) is 0 Å². The summed E-state index contributed by atoms with van der Waals surface area (Å²) >= 11 is 0. The Morgan fingerprint density at radius 2 is 1.28 bits per heavy atom. The van der Waals surface area contributed by atoms with Crippen LogP contribution in [0, 0.1) is 0 Å². The van der Waals surface area contributed by atoms with Crippen molar-refractivity contribution in [2.75, 3.05) is 14.2 Å². The van der Waals surface area contributed by atoms with Crippen LogP contribution in [0.1, 0.15) is 11.3 Å². The van der Waals surface area contributed by atoms with Gasteiger partial charge in [-0.3, -0.25) is 0 Å². The van der Waals surface area contributed by atoms with Crippen molar-refractivity contribution in [3.8, 4) is 28.4 Å². The highest BCUT2D eigenvalue weighted by Crippen LogP contribution is 2.41. The molecule has 2 aromatic heterocycles. The number of rotatable bonds is 6. The van der Waals surface area contributed by atoms with E-state index < -0.39 is 0 Å². The van der Waals surface area contributed by atoms with Crippen molar-refractivity contribution < 1.29 is 9.47 Å². The summed E-state index contributed by atoms with van der Waals surface area (Å²) in [4.78, 5) is 5.25. The lowest BCUT2D eigenvalue weighted by Gasteiger charge is -2.14. The first-order valence-electron chi connectivity index (χ1n) is 11.9. The summed E-state index contributed by atoms with van der Waals surface area (Å²) in [5.74, 6) is 1.35. The van der Waals surface area contributed by atoms with E-state index in [1.165, 1.54) is 5.56 Å². The number of benzene rings is 4. The van der Waals surface area contributed by atoms with Crippen LogP contribution in [0.5, 0.6) is 11.5 Å². The second kappa shape index (κ2) is 9.19. The minimum atomic E-state index is 0.670. The summed E-state index contributed by atoms with van der Waals surface area (Å²) in [6, 6.07) is 34.9. The molecule has 0 aliphatic rings. The van der Waals surface area contributed by atoms with Crippen LogP contribution in [-0.2, 0) is 6.42 Å². The van der Waals surface area contributed by atoms with Crippen LogP contribution < -0.4 is 9.47 Å². The van der Waals surface area contributed by atoms with E-state index in [1.807, 2.05) is 53.2 Å². The Bertz CT molecular complexity index is 1660. The van der Waals surface area contributed by atoms with Crippen LogP contribution in [0.4, 0.5) is 0 Å². The van der Waals surface area contributed by atoms with Crippen molar-refractivity contribution in [3.63, 3.8) is 0 Å². The van der Waals surface area contributed by atoms with E-state index in [0.29, 0.717) is 17.9 Å². The molecule has 0 unspecified atom stereocenters. The third-order valence-corrected chi connectivity index (χ3v) is 6.46. The molecule has 0 fully saturated rings. The standard InChI is InChI=1S/C31H25N3O2/c1-35-27-19-24-25(20-28(27)36-2)30(22-14-8-4-9-15-22)32-31-29(24)26(18-21-12-6-3-7-13-21)33-34(31)23-16-10-5-11-17-23/h3-17,19-20H,18H2,1-2H3. The summed E-state index contributed by atoms with van der Waals surface area (Å²) in [5, 5.41) is 8.16. The van der Waals surface area contributed by atoms with Crippen LogP contribution in [0.25, 0.3) is 38.8 Å². The number of aromatic nitrogens is 3. The van der Waals surface area contributed by atoms with Gasteiger partial charge in [0.25, 0.3) is 0 Å². The first-order chi connectivity index (χ1) is 17.8. The zero-order chi connectivity index (χ0) is 24.5. The molecule has 0 saturated carbocycles. The predicted octanol–water partition coefficient (Wildman–Crippen LogP) is 6.85. The molecular formula is C31H25N3O2. The van der Waals surface area contributed by atoms with Gasteiger partial charge in [-0.1, -0.05) is 78.9 Å². The number of hydrogen-bond donors (Lipinski definition) is 0. The van der Waals surface area contributed by atoms with E-state index in [-0.39, 0.29) is 0 Å². The maximum atomic E-state index is 5.72. The maximum Gasteiger partial charge on any atom is 0.164 e. The summed E-state index contributed by atoms with van der Waals surface area (Å²) in [6.45, 7) is 0. The van der Waals surface area contributed by atoms with Gasteiger partial charge >= 0.3 is 0 Å². The Morgan fingerprint density at radius 1 is 0.694 bits per heavy atom. The summed E-state index contributed by atoms with van der Waals surface area (Å²) < 4.78 is 13.3. The van der Waals surface area contributed by atoms with Gasteiger partial charge in [0, 0.05) is 22.8 Å². The normalized spacial score (nSPS) is 11.2. The smallest absolute Gasteiger partial charge is 0.164 e. The molecule has 0 aliphatic carbocycles. The van der Waals surface area contributed by atoms with E-state index in [4.69, 9.17) is 19.6 Å². The quantitative estimate of drug-likeness (QED) is 0.267. The Balaban J connectivity index is 1.75. The highest BCUT2D eigenvalue weighted by Gasteiger charge is 2.22. The molecule has 4 aromatic carbocycles. The molecule has 0 atom stereocenters. The molecule has 0 aliphatic heterocycles. The molecule has 0 saturated heterocycles. The van der Waals surface area contributed by atoms with Gasteiger partial charge in [0.05, 0.1) is 36.7 Å². The largest absolute Gasteiger partial charge is 0.493 e. The molecule has 5 heteroatoms. The Hall–Kier alpha value is -4.64. The Morgan fingerprint density at radius 3 is 1.92 bits per heavy atom.